The van der Waals surface area contributed by atoms with E-state index in [4.69, 9.17) is 24.2 Å². The molecule has 1 aliphatic carbocycles. The Labute approximate surface area is 334 Å². The lowest BCUT2D eigenvalue weighted by atomic mass is 9.98. The van der Waals surface area contributed by atoms with Crippen LogP contribution in [0.3, 0.4) is 0 Å². The number of amides is 6. The van der Waals surface area contributed by atoms with E-state index in [-0.39, 0.29) is 88.6 Å². The standard InChI is InChI=1S/C24H24N2O7.C15H25N3O5S/c27-21-9-10-22(28)26(21)33-23(29)11-13-31-14-12-25-24(30)32-15-20-18-7-3-1-5-16(18)17-6-2-4-8-19(17)20;19-12(16-6-8-23-7-5-13(20)21)4-2-1-3-11-14-10(9-24-11)17-15(22)18-14/h1-8,20H,9-15H2,(H,25,30);10-11,14H,1-9H2,(H,16,19)(H,20,21)(H2,17,18,22). The first-order chi connectivity index (χ1) is 27.6. The molecule has 5 N–H and O–H groups in total. The fraction of sp³-hybridized carbons (Fsp3) is 0.513. The number of nitrogens with one attached hydrogen (secondary N) is 4. The van der Waals surface area contributed by atoms with Crippen molar-refractivity contribution in [2.45, 2.75) is 74.6 Å². The minimum Gasteiger partial charge on any atom is -0.481 e. The van der Waals surface area contributed by atoms with Crippen molar-refractivity contribution in [2.75, 3.05) is 51.9 Å². The summed E-state index contributed by atoms with van der Waals surface area (Å²) in [5.41, 5.74) is 4.60. The van der Waals surface area contributed by atoms with Gasteiger partial charge in [0.15, 0.2) is 0 Å². The summed E-state index contributed by atoms with van der Waals surface area (Å²) in [5.74, 6) is -1.74. The zero-order chi connectivity index (χ0) is 40.6. The number of rotatable bonds is 20. The molecule has 3 unspecified atom stereocenters. The monoisotopic (exact) mass is 811 g/mol. The van der Waals surface area contributed by atoms with Gasteiger partial charge >= 0.3 is 24.1 Å². The maximum Gasteiger partial charge on any atom is 0.407 e. The Bertz CT molecular complexity index is 1700. The second-order valence-corrected chi connectivity index (χ2v) is 14.9. The first-order valence-corrected chi connectivity index (χ1v) is 20.1. The fourth-order valence-corrected chi connectivity index (χ4v) is 8.37. The van der Waals surface area contributed by atoms with Crippen molar-refractivity contribution in [3.05, 3.63) is 59.7 Å². The first kappa shape index (κ1) is 42.9. The van der Waals surface area contributed by atoms with Crippen LogP contribution >= 0.6 is 11.8 Å². The molecule has 2 aromatic rings. The quantitative estimate of drug-likeness (QED) is 0.0738. The Morgan fingerprint density at radius 1 is 0.789 bits per heavy atom. The van der Waals surface area contributed by atoms with Crippen LogP contribution in [0.5, 0.6) is 0 Å². The van der Waals surface area contributed by atoms with Crippen molar-refractivity contribution in [3.63, 3.8) is 0 Å². The summed E-state index contributed by atoms with van der Waals surface area (Å²) in [4.78, 5) is 84.6. The van der Waals surface area contributed by atoms with Gasteiger partial charge in [-0.1, -0.05) is 55.0 Å². The number of thioether (sulfide) groups is 1. The molecule has 17 nitrogen and oxygen atoms in total. The van der Waals surface area contributed by atoms with Gasteiger partial charge in [0.25, 0.3) is 11.8 Å². The molecule has 2 aromatic carbocycles. The average molecular weight is 812 g/mol. The fourth-order valence-electron chi connectivity index (χ4n) is 6.82. The highest BCUT2D eigenvalue weighted by atomic mass is 32.2. The number of carbonyl (C=O) groups is 7. The van der Waals surface area contributed by atoms with Crippen molar-refractivity contribution < 1.29 is 57.7 Å². The van der Waals surface area contributed by atoms with Crippen molar-refractivity contribution in [1.82, 2.24) is 26.3 Å². The van der Waals surface area contributed by atoms with Crippen LogP contribution in [0.25, 0.3) is 11.1 Å². The van der Waals surface area contributed by atoms with Crippen LogP contribution in [-0.2, 0) is 43.0 Å². The number of unbranched alkanes of at least 4 members (excludes halogenated alkanes) is 1. The number of alkyl carbamates (subject to hydrolysis) is 1. The number of fused-ring (bicyclic) bond motifs is 4. The minimum absolute atomic E-state index is 0.00961. The third kappa shape index (κ3) is 12.9. The molecular formula is C39H49N5O12S. The highest BCUT2D eigenvalue weighted by Gasteiger charge is 2.42. The Morgan fingerprint density at radius 2 is 1.42 bits per heavy atom. The molecule has 3 atom stereocenters. The van der Waals surface area contributed by atoms with Crippen molar-refractivity contribution in [2.24, 2.45) is 0 Å². The van der Waals surface area contributed by atoms with Crippen molar-refractivity contribution >= 4 is 53.5 Å². The Morgan fingerprint density at radius 3 is 2.09 bits per heavy atom. The molecule has 308 valence electrons. The molecule has 0 radical (unpaired) electrons. The normalized spacial score (nSPS) is 19.1. The van der Waals surface area contributed by atoms with E-state index < -0.39 is 29.8 Å². The summed E-state index contributed by atoms with van der Waals surface area (Å²) in [5, 5.41) is 20.6. The van der Waals surface area contributed by atoms with Gasteiger partial charge in [-0.05, 0) is 35.1 Å². The van der Waals surface area contributed by atoms with E-state index in [1.165, 1.54) is 0 Å². The van der Waals surface area contributed by atoms with E-state index in [1.54, 1.807) is 0 Å². The molecular weight excluding hydrogens is 763 g/mol. The van der Waals surface area contributed by atoms with Crippen LogP contribution in [0.15, 0.2) is 48.5 Å². The zero-order valence-corrected chi connectivity index (χ0v) is 32.4. The molecule has 0 bridgehead atoms. The number of hydroxylamine groups is 2. The van der Waals surface area contributed by atoms with Gasteiger partial charge in [0.05, 0.1) is 51.4 Å². The van der Waals surface area contributed by atoms with Gasteiger partial charge in [-0.25, -0.2) is 14.4 Å². The molecule has 0 saturated carbocycles. The number of nitrogens with zero attached hydrogens (tertiary/aromatic N) is 1. The number of urea groups is 1. The number of hydrogen-bond acceptors (Lipinski definition) is 12. The highest BCUT2D eigenvalue weighted by Crippen LogP contribution is 2.44. The molecule has 57 heavy (non-hydrogen) atoms. The smallest absolute Gasteiger partial charge is 0.407 e. The van der Waals surface area contributed by atoms with Gasteiger partial charge in [0.2, 0.25) is 5.91 Å². The van der Waals surface area contributed by atoms with E-state index in [0.717, 1.165) is 47.3 Å². The summed E-state index contributed by atoms with van der Waals surface area (Å²) in [7, 11) is 0. The number of carboxylic acids is 1. The average Bonchev–Trinajstić information content (AvgIpc) is 3.94. The Balaban J connectivity index is 0.000000230. The van der Waals surface area contributed by atoms with Gasteiger partial charge in [-0.15, -0.1) is 5.06 Å². The number of carboxylic acid groups (broad SMARTS) is 1. The van der Waals surface area contributed by atoms with E-state index in [9.17, 15) is 33.6 Å². The van der Waals surface area contributed by atoms with Crippen molar-refractivity contribution in [1.29, 1.82) is 0 Å². The van der Waals surface area contributed by atoms with E-state index in [1.807, 2.05) is 36.0 Å². The maximum atomic E-state index is 12.1. The molecule has 3 heterocycles. The SMILES string of the molecule is O=C(CCOCCNC(=O)OCC1c2ccccc2-c2ccccc21)ON1C(=O)CCC1=O.O=C(O)CCOCCNC(=O)CCCCC1SCC2NC(=O)NC21. The zero-order valence-electron chi connectivity index (χ0n) is 31.5. The Kier molecular flexibility index (Phi) is 16.5. The summed E-state index contributed by atoms with van der Waals surface area (Å²) in [6.07, 6.45) is 2.65. The van der Waals surface area contributed by atoms with E-state index >= 15 is 0 Å². The lowest BCUT2D eigenvalue weighted by Crippen LogP contribution is -2.36. The van der Waals surface area contributed by atoms with Crippen LogP contribution in [-0.4, -0.2) is 121 Å². The summed E-state index contributed by atoms with van der Waals surface area (Å²) in [6, 6.07) is 16.6. The molecule has 0 aromatic heterocycles. The van der Waals surface area contributed by atoms with Gasteiger partial charge in [-0.2, -0.15) is 11.8 Å². The number of benzene rings is 2. The summed E-state index contributed by atoms with van der Waals surface area (Å²) < 4.78 is 15.8. The predicted molar refractivity (Wildman–Crippen MR) is 206 cm³/mol. The third-order valence-electron chi connectivity index (χ3n) is 9.62. The van der Waals surface area contributed by atoms with Gasteiger partial charge < -0.3 is 45.4 Å². The van der Waals surface area contributed by atoms with Crippen molar-refractivity contribution in [3.8, 4) is 11.1 Å². The lowest BCUT2D eigenvalue weighted by molar-refractivity contribution is -0.198. The lowest BCUT2D eigenvalue weighted by Gasteiger charge is -2.16. The third-order valence-corrected chi connectivity index (χ3v) is 11.1. The molecule has 18 heteroatoms. The van der Waals surface area contributed by atoms with Gasteiger partial charge in [0, 0.05) is 49.3 Å². The number of carbonyl (C=O) groups excluding carboxylic acids is 6. The van der Waals surface area contributed by atoms with Crippen LogP contribution in [0.1, 0.15) is 68.4 Å². The van der Waals surface area contributed by atoms with Crippen LogP contribution in [0.2, 0.25) is 0 Å². The number of ether oxygens (including phenoxy) is 3. The van der Waals surface area contributed by atoms with E-state index in [2.05, 4.69) is 45.5 Å². The van der Waals surface area contributed by atoms with Gasteiger partial charge in [0.1, 0.15) is 6.61 Å². The molecule has 3 saturated heterocycles. The molecule has 6 amide bonds. The van der Waals surface area contributed by atoms with Crippen LogP contribution in [0.4, 0.5) is 9.59 Å². The minimum atomic E-state index is -0.890. The number of aliphatic carboxylic acids is 1. The number of imide groups is 1. The van der Waals surface area contributed by atoms with Crippen LogP contribution in [0, 0.1) is 0 Å². The second-order valence-electron chi connectivity index (χ2n) is 13.6. The highest BCUT2D eigenvalue weighted by molar-refractivity contribution is 8.00. The largest absolute Gasteiger partial charge is 0.481 e. The van der Waals surface area contributed by atoms with Crippen LogP contribution < -0.4 is 21.3 Å². The number of hydrogen-bond donors (Lipinski definition) is 5. The molecule has 0 spiro atoms. The Hall–Kier alpha value is -5.20. The molecule has 4 aliphatic rings. The topological polar surface area (TPSA) is 228 Å². The predicted octanol–water partition coefficient (Wildman–Crippen LogP) is 2.86. The molecule has 3 fully saturated rings. The molecule has 6 rings (SSSR count). The molecule has 3 aliphatic heterocycles. The first-order valence-electron chi connectivity index (χ1n) is 19.1. The van der Waals surface area contributed by atoms with Gasteiger partial charge in [-0.3, -0.25) is 19.2 Å². The summed E-state index contributed by atoms with van der Waals surface area (Å²) in [6.45, 7) is 1.51. The summed E-state index contributed by atoms with van der Waals surface area (Å²) >= 11 is 1.88. The second kappa shape index (κ2) is 21.9. The maximum absolute atomic E-state index is 12.1. The van der Waals surface area contributed by atoms with E-state index in [0.29, 0.717) is 29.9 Å².